The molecule has 1 amide bonds. The van der Waals surface area contributed by atoms with Crippen molar-refractivity contribution in [3.8, 4) is 0 Å². The van der Waals surface area contributed by atoms with E-state index < -0.39 is 0 Å². The number of hydrogen-bond donors (Lipinski definition) is 2. The van der Waals surface area contributed by atoms with Gasteiger partial charge >= 0.3 is 0 Å². The van der Waals surface area contributed by atoms with Crippen LogP contribution in [0.2, 0.25) is 5.02 Å². The summed E-state index contributed by atoms with van der Waals surface area (Å²) in [7, 11) is 0. The van der Waals surface area contributed by atoms with E-state index in [0.29, 0.717) is 35.8 Å². The third-order valence-corrected chi connectivity index (χ3v) is 3.26. The molecule has 0 unspecified atom stereocenters. The molecule has 1 aromatic carbocycles. The second-order valence-electron chi connectivity index (χ2n) is 4.81. The zero-order valence-corrected chi connectivity index (χ0v) is 12.8. The zero-order chi connectivity index (χ0) is 15.4. The van der Waals surface area contributed by atoms with Gasteiger partial charge in [-0.3, -0.25) is 9.48 Å². The number of nitrogens with zero attached hydrogens (tertiary/aromatic N) is 3. The maximum absolute atomic E-state index is 11.9. The van der Waals surface area contributed by atoms with E-state index in [1.807, 2.05) is 13.8 Å². The van der Waals surface area contributed by atoms with Crippen LogP contribution < -0.4 is 11.1 Å². The van der Waals surface area contributed by atoms with Crippen LogP contribution in [0.1, 0.15) is 24.5 Å². The molecule has 0 fully saturated rings. The predicted molar refractivity (Wildman–Crippen MR) is 83.2 cm³/mol. The van der Waals surface area contributed by atoms with Crippen LogP contribution in [-0.2, 0) is 11.3 Å². The van der Waals surface area contributed by atoms with E-state index in [1.165, 1.54) is 0 Å². The van der Waals surface area contributed by atoms with Gasteiger partial charge in [0.1, 0.15) is 11.6 Å². The maximum atomic E-state index is 11.9. The Labute approximate surface area is 128 Å². The van der Waals surface area contributed by atoms with Crippen molar-refractivity contribution >= 4 is 28.9 Å². The fraction of sp³-hybridized carbons (Fsp3) is 0.357. The molecule has 21 heavy (non-hydrogen) atoms. The van der Waals surface area contributed by atoms with E-state index in [0.717, 1.165) is 11.6 Å². The van der Waals surface area contributed by atoms with E-state index in [-0.39, 0.29) is 5.91 Å². The molecule has 0 bridgehead atoms. The Morgan fingerprint density at radius 2 is 2.19 bits per heavy atom. The fourth-order valence-electron chi connectivity index (χ4n) is 2.01. The average molecular weight is 308 g/mol. The van der Waals surface area contributed by atoms with Crippen LogP contribution in [0, 0.1) is 13.8 Å². The van der Waals surface area contributed by atoms with Gasteiger partial charge in [-0.15, -0.1) is 0 Å². The molecule has 2 rings (SSSR count). The molecule has 1 aromatic heterocycles. The maximum Gasteiger partial charge on any atom is 0.224 e. The minimum Gasteiger partial charge on any atom is -0.397 e. The highest BCUT2D eigenvalue weighted by molar-refractivity contribution is 6.31. The summed E-state index contributed by atoms with van der Waals surface area (Å²) in [6.07, 6.45) is 1.06. The van der Waals surface area contributed by atoms with Crippen molar-refractivity contribution in [2.75, 3.05) is 11.1 Å². The van der Waals surface area contributed by atoms with Gasteiger partial charge in [0.15, 0.2) is 0 Å². The third-order valence-electron chi connectivity index (χ3n) is 3.03. The summed E-state index contributed by atoms with van der Waals surface area (Å²) in [4.78, 5) is 16.1. The van der Waals surface area contributed by atoms with Crippen molar-refractivity contribution in [1.82, 2.24) is 14.8 Å². The molecule has 0 aliphatic rings. The number of rotatable bonds is 5. The monoisotopic (exact) mass is 307 g/mol. The Bertz CT molecular complexity index is 653. The summed E-state index contributed by atoms with van der Waals surface area (Å²) in [5, 5.41) is 7.55. The molecule has 0 aliphatic heterocycles. The summed E-state index contributed by atoms with van der Waals surface area (Å²) in [5.41, 5.74) is 6.82. The van der Waals surface area contributed by atoms with Gasteiger partial charge in [0, 0.05) is 18.0 Å². The first-order valence-electron chi connectivity index (χ1n) is 6.68. The second-order valence-corrected chi connectivity index (χ2v) is 5.25. The number of benzene rings is 1. The topological polar surface area (TPSA) is 85.8 Å². The molecule has 112 valence electrons. The second kappa shape index (κ2) is 6.58. The summed E-state index contributed by atoms with van der Waals surface area (Å²) in [6, 6.07) is 4.99. The normalized spacial score (nSPS) is 10.6. The number of carbonyl (C=O) groups is 1. The first kappa shape index (κ1) is 15.3. The smallest absolute Gasteiger partial charge is 0.224 e. The van der Waals surface area contributed by atoms with Crippen LogP contribution in [-0.4, -0.2) is 20.7 Å². The molecule has 0 spiro atoms. The van der Waals surface area contributed by atoms with Crippen molar-refractivity contribution in [2.24, 2.45) is 0 Å². The van der Waals surface area contributed by atoms with Gasteiger partial charge in [-0.25, -0.2) is 4.98 Å². The van der Waals surface area contributed by atoms with E-state index in [2.05, 4.69) is 15.4 Å². The van der Waals surface area contributed by atoms with E-state index >= 15 is 0 Å². The lowest BCUT2D eigenvalue weighted by Crippen LogP contribution is -2.14. The number of nitrogens with one attached hydrogen (secondary N) is 1. The van der Waals surface area contributed by atoms with Crippen LogP contribution in [0.25, 0.3) is 0 Å². The molecule has 7 heteroatoms. The Morgan fingerprint density at radius 3 is 2.86 bits per heavy atom. The first-order chi connectivity index (χ1) is 9.95. The number of nitrogen functional groups attached to an aromatic ring is 1. The van der Waals surface area contributed by atoms with Crippen LogP contribution in [0.3, 0.4) is 0 Å². The average Bonchev–Trinajstić information content (AvgIpc) is 2.72. The number of aromatic nitrogens is 3. The molecular formula is C14H18ClN5O. The van der Waals surface area contributed by atoms with Crippen molar-refractivity contribution in [2.45, 2.75) is 33.2 Å². The number of aryl methyl sites for hydroxylation is 3. The summed E-state index contributed by atoms with van der Waals surface area (Å²) >= 11 is 5.88. The molecule has 1 heterocycles. The minimum absolute atomic E-state index is 0.0987. The lowest BCUT2D eigenvalue weighted by molar-refractivity contribution is -0.116. The van der Waals surface area contributed by atoms with Gasteiger partial charge in [0.05, 0.1) is 11.4 Å². The van der Waals surface area contributed by atoms with Gasteiger partial charge in [-0.1, -0.05) is 11.6 Å². The number of anilines is 2. The molecule has 0 atom stereocenters. The standard InChI is InChI=1S/C14H18ClN5O/c1-9-17-10(2)20(19-9)7-3-4-14(21)18-13-8-11(15)5-6-12(13)16/h5-6,8H,3-4,7,16H2,1-2H3,(H,18,21). The molecular weight excluding hydrogens is 290 g/mol. The van der Waals surface area contributed by atoms with Gasteiger partial charge < -0.3 is 11.1 Å². The number of amides is 1. The van der Waals surface area contributed by atoms with Crippen molar-refractivity contribution in [1.29, 1.82) is 0 Å². The third kappa shape index (κ3) is 4.19. The lowest BCUT2D eigenvalue weighted by Gasteiger charge is -2.08. The van der Waals surface area contributed by atoms with E-state index in [9.17, 15) is 4.79 Å². The molecule has 2 aromatic rings. The summed E-state index contributed by atoms with van der Waals surface area (Å²) in [5.74, 6) is 1.49. The predicted octanol–water partition coefficient (Wildman–Crippen LogP) is 2.55. The first-order valence-corrected chi connectivity index (χ1v) is 7.06. The van der Waals surface area contributed by atoms with E-state index in [1.54, 1.807) is 22.9 Å². The summed E-state index contributed by atoms with van der Waals surface area (Å²) < 4.78 is 1.80. The van der Waals surface area contributed by atoms with Gasteiger partial charge in [0.2, 0.25) is 5.91 Å². The largest absolute Gasteiger partial charge is 0.397 e. The molecule has 0 saturated heterocycles. The van der Waals surface area contributed by atoms with Gasteiger partial charge in [0.25, 0.3) is 0 Å². The highest BCUT2D eigenvalue weighted by Gasteiger charge is 2.07. The number of halogens is 1. The molecule has 0 saturated carbocycles. The van der Waals surface area contributed by atoms with Crippen LogP contribution in [0.5, 0.6) is 0 Å². The van der Waals surface area contributed by atoms with Crippen LogP contribution >= 0.6 is 11.6 Å². The summed E-state index contributed by atoms with van der Waals surface area (Å²) in [6.45, 7) is 4.40. The zero-order valence-electron chi connectivity index (χ0n) is 12.1. The highest BCUT2D eigenvalue weighted by Crippen LogP contribution is 2.23. The fourth-order valence-corrected chi connectivity index (χ4v) is 2.18. The lowest BCUT2D eigenvalue weighted by atomic mass is 10.2. The Kier molecular flexibility index (Phi) is 4.80. The number of carbonyl (C=O) groups excluding carboxylic acids is 1. The Hall–Kier alpha value is -2.08. The van der Waals surface area contributed by atoms with Crippen molar-refractivity contribution < 1.29 is 4.79 Å². The molecule has 0 aliphatic carbocycles. The quantitative estimate of drug-likeness (QED) is 0.831. The van der Waals surface area contributed by atoms with Crippen molar-refractivity contribution in [3.63, 3.8) is 0 Å². The van der Waals surface area contributed by atoms with Gasteiger partial charge in [-0.2, -0.15) is 5.10 Å². The molecule has 0 radical (unpaired) electrons. The number of hydrogen-bond acceptors (Lipinski definition) is 4. The molecule has 6 nitrogen and oxygen atoms in total. The van der Waals surface area contributed by atoms with E-state index in [4.69, 9.17) is 17.3 Å². The Balaban J connectivity index is 1.85. The minimum atomic E-state index is -0.0987. The van der Waals surface area contributed by atoms with Crippen LogP contribution in [0.4, 0.5) is 11.4 Å². The number of nitrogens with two attached hydrogens (primary N) is 1. The SMILES string of the molecule is Cc1nc(C)n(CCCC(=O)Nc2cc(Cl)ccc2N)n1. The molecule has 3 N–H and O–H groups in total. The highest BCUT2D eigenvalue weighted by atomic mass is 35.5. The van der Waals surface area contributed by atoms with Gasteiger partial charge in [-0.05, 0) is 38.5 Å². The Morgan fingerprint density at radius 1 is 1.43 bits per heavy atom. The van der Waals surface area contributed by atoms with Crippen molar-refractivity contribution in [3.05, 3.63) is 34.9 Å². The van der Waals surface area contributed by atoms with Crippen LogP contribution in [0.15, 0.2) is 18.2 Å².